The van der Waals surface area contributed by atoms with Crippen molar-refractivity contribution in [1.82, 2.24) is 0 Å². The fourth-order valence-corrected chi connectivity index (χ4v) is 1.80. The van der Waals surface area contributed by atoms with E-state index in [9.17, 15) is 4.79 Å². The van der Waals surface area contributed by atoms with Crippen LogP contribution in [0.3, 0.4) is 0 Å². The average Bonchev–Trinajstić information content (AvgIpc) is 2.37. The van der Waals surface area contributed by atoms with E-state index in [1.807, 2.05) is 26.0 Å². The zero-order valence-electron chi connectivity index (χ0n) is 13.0. The SMILES string of the molecule is COC(=O)Oc1ccc(C(C)(C)C)cc1C(C)(C)C=N. The van der Waals surface area contributed by atoms with Crippen LogP contribution in [0.1, 0.15) is 45.7 Å². The molecule has 1 rings (SSSR count). The maximum absolute atomic E-state index is 11.3. The molecular weight excluding hydrogens is 254 g/mol. The normalized spacial score (nSPS) is 11.9. The van der Waals surface area contributed by atoms with Crippen LogP contribution in [0.25, 0.3) is 0 Å². The molecule has 0 aliphatic carbocycles. The molecule has 0 atom stereocenters. The topological polar surface area (TPSA) is 59.4 Å². The molecule has 1 aromatic rings. The van der Waals surface area contributed by atoms with Gasteiger partial charge in [-0.05, 0) is 17.0 Å². The van der Waals surface area contributed by atoms with Crippen molar-refractivity contribution in [3.8, 4) is 5.75 Å². The van der Waals surface area contributed by atoms with Gasteiger partial charge in [0.25, 0.3) is 0 Å². The number of ether oxygens (including phenoxy) is 2. The van der Waals surface area contributed by atoms with E-state index in [1.165, 1.54) is 13.3 Å². The van der Waals surface area contributed by atoms with Crippen LogP contribution in [0, 0.1) is 5.41 Å². The van der Waals surface area contributed by atoms with Crippen LogP contribution in [0.2, 0.25) is 0 Å². The molecule has 0 radical (unpaired) electrons. The number of methoxy groups -OCH3 is 1. The number of benzene rings is 1. The van der Waals surface area contributed by atoms with Gasteiger partial charge < -0.3 is 14.9 Å². The third-order valence-electron chi connectivity index (χ3n) is 3.26. The Labute approximate surface area is 120 Å². The van der Waals surface area contributed by atoms with Crippen LogP contribution in [0.5, 0.6) is 5.75 Å². The molecule has 0 bridgehead atoms. The quantitative estimate of drug-likeness (QED) is 0.515. The van der Waals surface area contributed by atoms with E-state index >= 15 is 0 Å². The Kier molecular flexibility index (Phi) is 4.58. The van der Waals surface area contributed by atoms with E-state index in [0.29, 0.717) is 5.75 Å². The molecule has 110 valence electrons. The maximum Gasteiger partial charge on any atom is 0.513 e. The van der Waals surface area contributed by atoms with Gasteiger partial charge in [-0.25, -0.2) is 4.79 Å². The minimum Gasteiger partial charge on any atom is -0.437 e. The zero-order valence-corrected chi connectivity index (χ0v) is 13.0. The molecule has 1 N–H and O–H groups in total. The average molecular weight is 277 g/mol. The highest BCUT2D eigenvalue weighted by molar-refractivity contribution is 5.73. The van der Waals surface area contributed by atoms with Crippen LogP contribution in [-0.4, -0.2) is 19.5 Å². The molecule has 0 heterocycles. The van der Waals surface area contributed by atoms with Gasteiger partial charge in [0.1, 0.15) is 5.75 Å². The fourth-order valence-electron chi connectivity index (χ4n) is 1.80. The Morgan fingerprint density at radius 3 is 2.25 bits per heavy atom. The monoisotopic (exact) mass is 277 g/mol. The largest absolute Gasteiger partial charge is 0.513 e. The van der Waals surface area contributed by atoms with E-state index in [-0.39, 0.29) is 5.41 Å². The second kappa shape index (κ2) is 5.65. The number of carbonyl (C=O) groups is 1. The molecule has 0 aliphatic heterocycles. The van der Waals surface area contributed by atoms with Crippen molar-refractivity contribution in [2.75, 3.05) is 7.11 Å². The summed E-state index contributed by atoms with van der Waals surface area (Å²) in [5, 5.41) is 7.60. The van der Waals surface area contributed by atoms with Crippen LogP contribution in [0.15, 0.2) is 18.2 Å². The van der Waals surface area contributed by atoms with Gasteiger partial charge in [-0.1, -0.05) is 46.8 Å². The van der Waals surface area contributed by atoms with E-state index in [0.717, 1.165) is 11.1 Å². The first-order valence-corrected chi connectivity index (χ1v) is 6.54. The number of hydrogen-bond acceptors (Lipinski definition) is 4. The van der Waals surface area contributed by atoms with E-state index in [1.54, 1.807) is 6.07 Å². The van der Waals surface area contributed by atoms with Crippen LogP contribution in [-0.2, 0) is 15.6 Å². The lowest BCUT2D eigenvalue weighted by Crippen LogP contribution is -2.23. The lowest BCUT2D eigenvalue weighted by molar-refractivity contribution is 0.121. The van der Waals surface area contributed by atoms with Gasteiger partial charge in [0, 0.05) is 17.2 Å². The Morgan fingerprint density at radius 1 is 1.20 bits per heavy atom. The molecule has 0 aliphatic rings. The summed E-state index contributed by atoms with van der Waals surface area (Å²) in [7, 11) is 1.27. The first-order chi connectivity index (χ1) is 9.11. The molecule has 0 aromatic heterocycles. The standard InChI is InChI=1S/C16H23NO3/c1-15(2,3)11-7-8-13(20-14(18)19-6)12(9-11)16(4,5)10-17/h7-10,17H,1-6H3. The molecule has 4 heteroatoms. The number of rotatable bonds is 3. The van der Waals surface area contributed by atoms with E-state index in [2.05, 4.69) is 25.5 Å². The molecule has 0 saturated carbocycles. The van der Waals surface area contributed by atoms with Crippen LogP contribution >= 0.6 is 0 Å². The van der Waals surface area contributed by atoms with Crippen molar-refractivity contribution in [2.24, 2.45) is 0 Å². The first kappa shape index (κ1) is 16.2. The van der Waals surface area contributed by atoms with Crippen molar-refractivity contribution in [2.45, 2.75) is 45.4 Å². The van der Waals surface area contributed by atoms with Gasteiger partial charge in [0.15, 0.2) is 0 Å². The highest BCUT2D eigenvalue weighted by atomic mass is 16.7. The summed E-state index contributed by atoms with van der Waals surface area (Å²) < 4.78 is 9.72. The van der Waals surface area contributed by atoms with Crippen molar-refractivity contribution >= 4 is 12.4 Å². The molecule has 1 aromatic carbocycles. The third kappa shape index (κ3) is 3.59. The van der Waals surface area contributed by atoms with Gasteiger partial charge in [0.05, 0.1) is 7.11 Å². The van der Waals surface area contributed by atoms with Crippen molar-refractivity contribution in [3.05, 3.63) is 29.3 Å². The number of nitrogens with one attached hydrogen (secondary N) is 1. The Morgan fingerprint density at radius 2 is 1.80 bits per heavy atom. The van der Waals surface area contributed by atoms with Crippen molar-refractivity contribution in [1.29, 1.82) is 5.41 Å². The van der Waals surface area contributed by atoms with Gasteiger partial charge in [-0.15, -0.1) is 0 Å². The molecule has 0 spiro atoms. The zero-order chi connectivity index (χ0) is 15.6. The maximum atomic E-state index is 11.3. The second-order valence-electron chi connectivity index (χ2n) is 6.38. The summed E-state index contributed by atoms with van der Waals surface area (Å²) in [5.41, 5.74) is 1.38. The lowest BCUT2D eigenvalue weighted by atomic mass is 9.80. The van der Waals surface area contributed by atoms with E-state index < -0.39 is 11.6 Å². The molecule has 20 heavy (non-hydrogen) atoms. The molecule has 4 nitrogen and oxygen atoms in total. The van der Waals surface area contributed by atoms with Crippen LogP contribution < -0.4 is 4.74 Å². The summed E-state index contributed by atoms with van der Waals surface area (Å²) in [6, 6.07) is 5.68. The number of carbonyl (C=O) groups excluding carboxylic acids is 1. The van der Waals surface area contributed by atoms with Gasteiger partial charge in [-0.2, -0.15) is 0 Å². The highest BCUT2D eigenvalue weighted by Gasteiger charge is 2.26. The summed E-state index contributed by atoms with van der Waals surface area (Å²) in [4.78, 5) is 11.3. The minimum atomic E-state index is -0.754. The molecular formula is C16H23NO3. The molecule has 0 unspecified atom stereocenters. The van der Waals surface area contributed by atoms with E-state index in [4.69, 9.17) is 10.1 Å². The minimum absolute atomic E-state index is 0.0172. The summed E-state index contributed by atoms with van der Waals surface area (Å²) in [6.45, 7) is 10.2. The Hall–Kier alpha value is -1.84. The smallest absolute Gasteiger partial charge is 0.437 e. The summed E-state index contributed by atoms with van der Waals surface area (Å²) in [6.07, 6.45) is 0.592. The van der Waals surface area contributed by atoms with Gasteiger partial charge in [-0.3, -0.25) is 0 Å². The lowest BCUT2D eigenvalue weighted by Gasteiger charge is -2.26. The third-order valence-corrected chi connectivity index (χ3v) is 3.26. The summed E-state index contributed by atoms with van der Waals surface area (Å²) >= 11 is 0. The van der Waals surface area contributed by atoms with Crippen molar-refractivity contribution < 1.29 is 14.3 Å². The summed E-state index contributed by atoms with van der Waals surface area (Å²) in [5.74, 6) is 0.429. The predicted octanol–water partition coefficient (Wildman–Crippen LogP) is 4.06. The van der Waals surface area contributed by atoms with Crippen LogP contribution in [0.4, 0.5) is 4.79 Å². The molecule has 0 fully saturated rings. The molecule has 0 saturated heterocycles. The number of hydrogen-bond donors (Lipinski definition) is 1. The van der Waals surface area contributed by atoms with Crippen molar-refractivity contribution in [3.63, 3.8) is 0 Å². The first-order valence-electron chi connectivity index (χ1n) is 6.54. The van der Waals surface area contributed by atoms with Gasteiger partial charge >= 0.3 is 6.16 Å². The fraction of sp³-hybridized carbons (Fsp3) is 0.500. The Balaban J connectivity index is 3.38. The highest BCUT2D eigenvalue weighted by Crippen LogP contribution is 2.35. The molecule has 0 amide bonds. The van der Waals surface area contributed by atoms with Gasteiger partial charge in [0.2, 0.25) is 0 Å². The Bertz CT molecular complexity index is 513. The second-order valence-corrected chi connectivity index (χ2v) is 6.38. The predicted molar refractivity (Wildman–Crippen MR) is 80.0 cm³/mol.